The van der Waals surface area contributed by atoms with E-state index in [9.17, 15) is 4.79 Å². The Balaban J connectivity index is 1.93. The van der Waals surface area contributed by atoms with E-state index >= 15 is 0 Å². The van der Waals surface area contributed by atoms with Gasteiger partial charge in [-0.2, -0.15) is 0 Å². The number of carbonyl (C=O) groups excluding carboxylic acids is 1. The van der Waals surface area contributed by atoms with E-state index in [1.54, 1.807) is 0 Å². The molecule has 2 bridgehead atoms. The van der Waals surface area contributed by atoms with Crippen molar-refractivity contribution in [1.82, 2.24) is 0 Å². The lowest BCUT2D eigenvalue weighted by atomic mass is 9.73. The molecule has 0 N–H and O–H groups in total. The van der Waals surface area contributed by atoms with Crippen LogP contribution in [-0.4, -0.2) is 31.1 Å². The van der Waals surface area contributed by atoms with Crippen molar-refractivity contribution in [3.05, 3.63) is 23.8 Å². The van der Waals surface area contributed by atoms with Gasteiger partial charge in [0.25, 0.3) is 0 Å². The molecule has 0 radical (unpaired) electrons. The van der Waals surface area contributed by atoms with Gasteiger partial charge >= 0.3 is 5.97 Å². The van der Waals surface area contributed by atoms with Crippen molar-refractivity contribution in [2.45, 2.75) is 31.8 Å². The van der Waals surface area contributed by atoms with Crippen LogP contribution in [0.25, 0.3) is 0 Å². The van der Waals surface area contributed by atoms with Gasteiger partial charge in [0.2, 0.25) is 0 Å². The fourth-order valence-corrected chi connectivity index (χ4v) is 2.93. The maximum Gasteiger partial charge on any atom is 0.334 e. The maximum absolute atomic E-state index is 11.7. The minimum Gasteiger partial charge on any atom is -0.466 e. The topological polar surface area (TPSA) is 44.8 Å². The van der Waals surface area contributed by atoms with Crippen molar-refractivity contribution in [2.24, 2.45) is 11.8 Å². The van der Waals surface area contributed by atoms with Crippen molar-refractivity contribution in [2.75, 3.05) is 7.11 Å². The summed E-state index contributed by atoms with van der Waals surface area (Å²) in [6, 6.07) is 0. The van der Waals surface area contributed by atoms with E-state index in [1.165, 1.54) is 7.11 Å². The van der Waals surface area contributed by atoms with Gasteiger partial charge in [-0.1, -0.05) is 18.2 Å². The Morgan fingerprint density at radius 2 is 2.00 bits per heavy atom. The predicted octanol–water partition coefficient (Wildman–Crippen LogP) is 1.42. The molecule has 0 aromatic heterocycles. The second-order valence-electron chi connectivity index (χ2n) is 5.17. The van der Waals surface area contributed by atoms with Crippen LogP contribution in [0.3, 0.4) is 0 Å². The molecule has 2 unspecified atom stereocenters. The van der Waals surface area contributed by atoms with Crippen LogP contribution in [0.4, 0.5) is 0 Å². The third-order valence-corrected chi connectivity index (χ3v) is 3.59. The van der Waals surface area contributed by atoms with Gasteiger partial charge in [-0.25, -0.2) is 4.79 Å². The van der Waals surface area contributed by atoms with Crippen LogP contribution in [-0.2, 0) is 19.0 Å². The first-order valence-corrected chi connectivity index (χ1v) is 5.86. The average Bonchev–Trinajstić information content (AvgIpc) is 2.65. The molecule has 0 amide bonds. The van der Waals surface area contributed by atoms with Crippen molar-refractivity contribution >= 4 is 5.97 Å². The molecule has 92 valence electrons. The van der Waals surface area contributed by atoms with Crippen molar-refractivity contribution in [1.29, 1.82) is 0 Å². The maximum atomic E-state index is 11.7. The highest BCUT2D eigenvalue weighted by Gasteiger charge is 2.53. The number of rotatable bonds is 1. The lowest BCUT2D eigenvalue weighted by molar-refractivity contribution is -0.149. The van der Waals surface area contributed by atoms with Crippen LogP contribution in [0.5, 0.6) is 0 Å². The molecule has 17 heavy (non-hydrogen) atoms. The fourth-order valence-electron chi connectivity index (χ4n) is 2.93. The van der Waals surface area contributed by atoms with Crippen LogP contribution in [0.2, 0.25) is 0 Å². The standard InChI is InChI=1S/C13H16O4/c1-13(2)16-10-7-4-5-8(11(10)17-13)9(6-7)12(14)15-3/h4-8,10-11H,1-3H3/t7-,8+,10?,11?/m1/s1. The quantitative estimate of drug-likeness (QED) is 0.510. The van der Waals surface area contributed by atoms with Gasteiger partial charge in [-0.3, -0.25) is 0 Å². The van der Waals surface area contributed by atoms with E-state index < -0.39 is 5.79 Å². The molecule has 4 nitrogen and oxygen atoms in total. The Morgan fingerprint density at radius 3 is 2.71 bits per heavy atom. The molecule has 0 saturated carbocycles. The Kier molecular flexibility index (Phi) is 2.22. The molecule has 1 aliphatic heterocycles. The minimum absolute atomic E-state index is 0.0217. The Hall–Kier alpha value is -1.13. The van der Waals surface area contributed by atoms with Crippen molar-refractivity contribution in [3.63, 3.8) is 0 Å². The molecule has 1 saturated heterocycles. The molecule has 0 spiro atoms. The van der Waals surface area contributed by atoms with E-state index in [0.29, 0.717) is 5.57 Å². The number of esters is 1. The first-order chi connectivity index (χ1) is 8.02. The van der Waals surface area contributed by atoms with Crippen LogP contribution in [0.15, 0.2) is 23.8 Å². The Bertz CT molecular complexity index is 421. The lowest BCUT2D eigenvalue weighted by Crippen LogP contribution is -2.44. The number of carbonyl (C=O) groups is 1. The van der Waals surface area contributed by atoms with Gasteiger partial charge in [-0.05, 0) is 13.8 Å². The summed E-state index contributed by atoms with van der Waals surface area (Å²) in [5.41, 5.74) is 0.697. The molecule has 4 atom stereocenters. The number of methoxy groups -OCH3 is 1. The third-order valence-electron chi connectivity index (χ3n) is 3.59. The molecule has 4 aliphatic rings. The molecule has 1 heterocycles. The number of ether oxygens (including phenoxy) is 3. The zero-order valence-corrected chi connectivity index (χ0v) is 10.2. The first-order valence-electron chi connectivity index (χ1n) is 5.86. The Morgan fingerprint density at radius 1 is 1.29 bits per heavy atom. The zero-order chi connectivity index (χ0) is 12.2. The van der Waals surface area contributed by atoms with Gasteiger partial charge in [-0.15, -0.1) is 0 Å². The van der Waals surface area contributed by atoms with Crippen molar-refractivity contribution in [3.8, 4) is 0 Å². The van der Waals surface area contributed by atoms with E-state index in [-0.39, 0.29) is 30.0 Å². The molecular formula is C13H16O4. The van der Waals surface area contributed by atoms with E-state index in [2.05, 4.69) is 6.08 Å². The van der Waals surface area contributed by atoms with Crippen molar-refractivity contribution < 1.29 is 19.0 Å². The molecule has 3 aliphatic carbocycles. The van der Waals surface area contributed by atoms with E-state index in [1.807, 2.05) is 26.0 Å². The monoisotopic (exact) mass is 236 g/mol. The highest BCUT2D eigenvalue weighted by molar-refractivity contribution is 5.90. The molecule has 1 fully saturated rings. The summed E-state index contributed by atoms with van der Waals surface area (Å²) in [5, 5.41) is 0. The fraction of sp³-hybridized carbons (Fsp3) is 0.615. The van der Waals surface area contributed by atoms with Gasteiger partial charge < -0.3 is 14.2 Å². The summed E-state index contributed by atoms with van der Waals surface area (Å²) < 4.78 is 16.6. The van der Waals surface area contributed by atoms with Gasteiger partial charge in [0.1, 0.15) is 0 Å². The van der Waals surface area contributed by atoms with Gasteiger partial charge in [0.05, 0.1) is 19.3 Å². The summed E-state index contributed by atoms with van der Waals surface area (Å²) >= 11 is 0. The molecule has 4 rings (SSSR count). The van der Waals surface area contributed by atoms with Crippen LogP contribution in [0, 0.1) is 11.8 Å². The average molecular weight is 236 g/mol. The second-order valence-corrected chi connectivity index (χ2v) is 5.17. The predicted molar refractivity (Wildman–Crippen MR) is 60.0 cm³/mol. The largest absolute Gasteiger partial charge is 0.466 e. The summed E-state index contributed by atoms with van der Waals surface area (Å²) in [4.78, 5) is 11.7. The smallest absolute Gasteiger partial charge is 0.334 e. The molecule has 0 aromatic carbocycles. The lowest BCUT2D eigenvalue weighted by Gasteiger charge is -2.37. The van der Waals surface area contributed by atoms with Gasteiger partial charge in [0, 0.05) is 17.4 Å². The van der Waals surface area contributed by atoms with Crippen LogP contribution < -0.4 is 0 Å². The Labute approximate surface area is 100 Å². The minimum atomic E-state index is -0.572. The zero-order valence-electron chi connectivity index (χ0n) is 10.2. The summed E-state index contributed by atoms with van der Waals surface area (Å²) in [5.74, 6) is -0.770. The number of hydrogen-bond acceptors (Lipinski definition) is 4. The van der Waals surface area contributed by atoms with Gasteiger partial charge in [0.15, 0.2) is 5.79 Å². The second kappa shape index (κ2) is 3.43. The molecular weight excluding hydrogens is 220 g/mol. The first kappa shape index (κ1) is 11.0. The summed E-state index contributed by atoms with van der Waals surface area (Å²) in [6.07, 6.45) is 6.02. The van der Waals surface area contributed by atoms with E-state index in [4.69, 9.17) is 14.2 Å². The summed E-state index contributed by atoms with van der Waals surface area (Å²) in [6.45, 7) is 3.81. The highest BCUT2D eigenvalue weighted by Crippen LogP contribution is 2.46. The molecule has 0 aromatic rings. The van der Waals surface area contributed by atoms with Crippen LogP contribution >= 0.6 is 0 Å². The SMILES string of the molecule is COC(=O)C1=C[C@H]2C=C[C@@H]1C1OC(C)(C)OC12. The summed E-state index contributed by atoms with van der Waals surface area (Å²) in [7, 11) is 1.41. The molecule has 4 heteroatoms. The normalized spacial score (nSPS) is 41.0. The van der Waals surface area contributed by atoms with Crippen LogP contribution in [0.1, 0.15) is 13.8 Å². The number of hydrogen-bond donors (Lipinski definition) is 0. The highest BCUT2D eigenvalue weighted by atomic mass is 16.8. The third kappa shape index (κ3) is 1.55. The van der Waals surface area contributed by atoms with E-state index in [0.717, 1.165) is 0 Å².